The molecule has 11 heteroatoms. The molecule has 2 atom stereocenters. The third kappa shape index (κ3) is 3.97. The van der Waals surface area contributed by atoms with Crippen LogP contribution in [0, 0.1) is 0 Å². The van der Waals surface area contributed by atoms with Crippen LogP contribution in [-0.4, -0.2) is 38.6 Å². The first kappa shape index (κ1) is 22.1. The van der Waals surface area contributed by atoms with Crippen molar-refractivity contribution in [2.75, 3.05) is 11.9 Å². The molecule has 2 bridgehead atoms. The van der Waals surface area contributed by atoms with Crippen LogP contribution in [0.25, 0.3) is 5.65 Å². The van der Waals surface area contributed by atoms with E-state index in [0.29, 0.717) is 29.3 Å². The Bertz CT molecular complexity index is 1230. The number of alkyl halides is 3. The molecule has 0 spiro atoms. The summed E-state index contributed by atoms with van der Waals surface area (Å²) in [5.41, 5.74) is 0.415. The van der Waals surface area contributed by atoms with E-state index in [1.54, 1.807) is 16.7 Å². The van der Waals surface area contributed by atoms with E-state index in [1.165, 1.54) is 0 Å². The quantitative estimate of drug-likeness (QED) is 0.552. The van der Waals surface area contributed by atoms with Gasteiger partial charge in [-0.3, -0.25) is 10.1 Å². The van der Waals surface area contributed by atoms with Gasteiger partial charge in [-0.1, -0.05) is 0 Å². The third-order valence-corrected chi connectivity index (χ3v) is 7.02. The Labute approximate surface area is 191 Å². The highest BCUT2D eigenvalue weighted by molar-refractivity contribution is 7.14. The van der Waals surface area contributed by atoms with Crippen LogP contribution in [0.15, 0.2) is 23.8 Å². The van der Waals surface area contributed by atoms with Gasteiger partial charge in [-0.05, 0) is 40.0 Å². The van der Waals surface area contributed by atoms with Gasteiger partial charge in [0.05, 0.1) is 29.6 Å². The van der Waals surface area contributed by atoms with E-state index in [2.05, 4.69) is 17.2 Å². The van der Waals surface area contributed by atoms with E-state index in [0.717, 1.165) is 30.3 Å². The van der Waals surface area contributed by atoms with Crippen molar-refractivity contribution in [2.45, 2.75) is 63.3 Å². The van der Waals surface area contributed by atoms with E-state index in [1.807, 2.05) is 20.0 Å². The van der Waals surface area contributed by atoms with Crippen LogP contribution in [0.1, 0.15) is 61.8 Å². The van der Waals surface area contributed by atoms with Gasteiger partial charge in [0.1, 0.15) is 11.4 Å². The number of thiazole rings is 1. The summed E-state index contributed by atoms with van der Waals surface area (Å²) in [4.78, 5) is 21.3. The number of amides is 1. The number of halogens is 3. The summed E-state index contributed by atoms with van der Waals surface area (Å²) in [5, 5.41) is 3.18. The smallest absolute Gasteiger partial charge is 0.434 e. The van der Waals surface area contributed by atoms with Crippen LogP contribution in [0.3, 0.4) is 0 Å². The topological polar surface area (TPSA) is 77.8 Å². The molecule has 1 N–H and O–H groups in total. The highest BCUT2D eigenvalue weighted by Crippen LogP contribution is 2.53. The van der Waals surface area contributed by atoms with Crippen molar-refractivity contribution in [3.8, 4) is 5.75 Å². The van der Waals surface area contributed by atoms with E-state index in [4.69, 9.17) is 14.5 Å². The van der Waals surface area contributed by atoms with Gasteiger partial charge in [-0.15, -0.1) is 11.3 Å². The van der Waals surface area contributed by atoms with Crippen LogP contribution in [0.5, 0.6) is 5.75 Å². The Kier molecular flexibility index (Phi) is 4.98. The van der Waals surface area contributed by atoms with Crippen molar-refractivity contribution in [1.29, 1.82) is 0 Å². The lowest BCUT2D eigenvalue weighted by molar-refractivity contribution is -0.140. The number of carbonyl (C=O) groups excluding carboxylic acids is 1. The first-order valence-electron chi connectivity index (χ1n) is 10.6. The summed E-state index contributed by atoms with van der Waals surface area (Å²) in [6.07, 6.45) is 1.57. The van der Waals surface area contributed by atoms with Gasteiger partial charge >= 0.3 is 6.18 Å². The molecule has 1 saturated carbocycles. The molecular weight excluding hydrogens is 457 g/mol. The minimum absolute atomic E-state index is 0.115. The maximum absolute atomic E-state index is 13.0. The number of aromatic nitrogens is 3. The molecule has 176 valence electrons. The number of ether oxygens (including phenoxy) is 2. The second-order valence-corrected chi connectivity index (χ2v) is 10.2. The van der Waals surface area contributed by atoms with Crippen LogP contribution in [-0.2, 0) is 16.3 Å². The number of fused-ring (bicyclic) bond motifs is 3. The monoisotopic (exact) mass is 480 g/mol. The van der Waals surface area contributed by atoms with Crippen LogP contribution >= 0.6 is 11.3 Å². The first-order chi connectivity index (χ1) is 15.5. The summed E-state index contributed by atoms with van der Waals surface area (Å²) in [6.45, 7) is 6.39. The molecule has 1 saturated heterocycles. The second-order valence-electron chi connectivity index (χ2n) is 9.30. The van der Waals surface area contributed by atoms with E-state index in [9.17, 15) is 18.0 Å². The summed E-state index contributed by atoms with van der Waals surface area (Å²) >= 11 is 0.713. The van der Waals surface area contributed by atoms with Crippen LogP contribution < -0.4 is 10.1 Å². The fraction of sp³-hybridized carbons (Fsp3) is 0.500. The zero-order valence-corrected chi connectivity index (χ0v) is 19.1. The molecule has 5 rings (SSSR count). The van der Waals surface area contributed by atoms with Gasteiger partial charge in [0.25, 0.3) is 5.91 Å². The number of pyridine rings is 1. The number of hydrogen-bond acceptors (Lipinski definition) is 6. The Balaban J connectivity index is 1.49. The molecule has 0 aromatic carbocycles. The molecule has 1 aliphatic carbocycles. The summed E-state index contributed by atoms with van der Waals surface area (Å²) in [6, 6.07) is 1.68. The van der Waals surface area contributed by atoms with Gasteiger partial charge in [0.2, 0.25) is 0 Å². The Morgan fingerprint density at radius 3 is 2.67 bits per heavy atom. The van der Waals surface area contributed by atoms with Crippen molar-refractivity contribution in [2.24, 2.45) is 0 Å². The lowest BCUT2D eigenvalue weighted by Gasteiger charge is -2.24. The minimum atomic E-state index is -4.57. The first-order valence-corrected chi connectivity index (χ1v) is 11.5. The van der Waals surface area contributed by atoms with Gasteiger partial charge in [-0.2, -0.15) is 13.2 Å². The number of nitrogens with one attached hydrogen (secondary N) is 1. The van der Waals surface area contributed by atoms with E-state index >= 15 is 0 Å². The number of carbonyl (C=O) groups is 1. The maximum Gasteiger partial charge on any atom is 0.434 e. The molecule has 2 aliphatic rings. The fourth-order valence-electron chi connectivity index (χ4n) is 4.67. The second kappa shape index (κ2) is 7.42. The highest BCUT2D eigenvalue weighted by atomic mass is 32.1. The van der Waals surface area contributed by atoms with Gasteiger partial charge in [-0.25, -0.2) is 9.97 Å². The molecule has 33 heavy (non-hydrogen) atoms. The predicted molar refractivity (Wildman–Crippen MR) is 116 cm³/mol. The lowest BCUT2D eigenvalue weighted by atomic mass is 9.84. The average Bonchev–Trinajstić information content (AvgIpc) is 3.47. The zero-order chi connectivity index (χ0) is 23.6. The van der Waals surface area contributed by atoms with E-state index < -0.39 is 17.8 Å². The largest absolute Gasteiger partial charge is 0.490 e. The maximum atomic E-state index is 13.0. The molecule has 0 radical (unpaired) electrons. The predicted octanol–water partition coefficient (Wildman–Crippen LogP) is 5.06. The summed E-state index contributed by atoms with van der Waals surface area (Å²) < 4.78 is 52.2. The van der Waals surface area contributed by atoms with Crippen LogP contribution in [0.4, 0.5) is 18.3 Å². The summed E-state index contributed by atoms with van der Waals surface area (Å²) in [5.74, 6) is -0.308. The molecule has 3 aromatic rings. The molecule has 3 aromatic heterocycles. The van der Waals surface area contributed by atoms with Gasteiger partial charge in [0.15, 0.2) is 10.8 Å². The standard InChI is InChI=1S/C22H23F3N4O3S/c1-12(2)32-14-6-17-26-15(21-5-4-20(3,10-21)31-11-21)8-29(17)7-13(14)18(30)28-19-27-16(9-33-19)22(23,24)25/h6-9,12H,4-5,10-11H2,1-3H3,(H,27,28,30). The molecule has 2 fully saturated rings. The number of imidazole rings is 1. The van der Waals surface area contributed by atoms with Gasteiger partial charge < -0.3 is 13.9 Å². The highest BCUT2D eigenvalue weighted by Gasteiger charge is 2.55. The third-order valence-electron chi connectivity index (χ3n) is 6.26. The fourth-order valence-corrected chi connectivity index (χ4v) is 5.38. The normalized spacial score (nSPS) is 24.7. The molecular formula is C22H23F3N4O3S. The van der Waals surface area contributed by atoms with Crippen molar-refractivity contribution >= 4 is 28.0 Å². The molecule has 4 heterocycles. The minimum Gasteiger partial charge on any atom is -0.490 e. The molecule has 2 unspecified atom stereocenters. The number of nitrogens with zero attached hydrogens (tertiary/aromatic N) is 3. The van der Waals surface area contributed by atoms with E-state index in [-0.39, 0.29) is 27.8 Å². The number of anilines is 1. The number of hydrogen-bond donors (Lipinski definition) is 1. The van der Waals surface area contributed by atoms with Crippen molar-refractivity contribution in [3.05, 3.63) is 40.8 Å². The summed E-state index contributed by atoms with van der Waals surface area (Å²) in [7, 11) is 0. The molecule has 1 aliphatic heterocycles. The van der Waals surface area contributed by atoms with Crippen molar-refractivity contribution < 1.29 is 27.4 Å². The average molecular weight is 481 g/mol. The Morgan fingerprint density at radius 2 is 2.09 bits per heavy atom. The van der Waals surface area contributed by atoms with Crippen molar-refractivity contribution in [1.82, 2.24) is 14.4 Å². The van der Waals surface area contributed by atoms with Crippen LogP contribution in [0.2, 0.25) is 0 Å². The lowest BCUT2D eigenvalue weighted by Crippen LogP contribution is -2.26. The Morgan fingerprint density at radius 1 is 1.30 bits per heavy atom. The zero-order valence-electron chi connectivity index (χ0n) is 18.3. The SMILES string of the molecule is CC(C)Oc1cc2nc(C34CCC(C)(C3)OC4)cn2cc1C(=O)Nc1nc(C(F)(F)F)cs1. The number of rotatable bonds is 5. The Hall–Kier alpha value is -2.66. The molecule has 7 nitrogen and oxygen atoms in total. The molecule has 1 amide bonds. The van der Waals surface area contributed by atoms with Crippen molar-refractivity contribution in [3.63, 3.8) is 0 Å². The van der Waals surface area contributed by atoms with Gasteiger partial charge in [0, 0.05) is 29.3 Å².